The average molecular weight is 224 g/mol. The summed E-state index contributed by atoms with van der Waals surface area (Å²) in [6.45, 7) is 0.352. The summed E-state index contributed by atoms with van der Waals surface area (Å²) in [4.78, 5) is 0. The van der Waals surface area contributed by atoms with Gasteiger partial charge in [-0.05, 0) is 30.3 Å². The highest BCUT2D eigenvalue weighted by atomic mass is 16.5. The van der Waals surface area contributed by atoms with E-state index in [2.05, 4.69) is 16.4 Å². The van der Waals surface area contributed by atoms with E-state index in [4.69, 9.17) is 4.74 Å². The summed E-state index contributed by atoms with van der Waals surface area (Å²) in [7, 11) is 0. The minimum Gasteiger partial charge on any atom is -0.471 e. The van der Waals surface area contributed by atoms with Gasteiger partial charge in [-0.25, -0.2) is 4.68 Å². The van der Waals surface area contributed by atoms with Crippen LogP contribution in [-0.2, 0) is 6.73 Å². The minimum atomic E-state index is 0.352. The number of hydrogen-bond donors (Lipinski definition) is 0. The van der Waals surface area contributed by atoms with E-state index in [0.717, 1.165) is 16.8 Å². The fraction of sp³-hybridized carbons (Fsp3) is 0.0769. The molecular formula is C13H10N3O. The quantitative estimate of drug-likeness (QED) is 0.685. The molecule has 0 N–H and O–H groups in total. The van der Waals surface area contributed by atoms with E-state index in [0.29, 0.717) is 6.73 Å². The van der Waals surface area contributed by atoms with Crippen molar-refractivity contribution >= 4 is 11.0 Å². The van der Waals surface area contributed by atoms with Crippen LogP contribution in [0.5, 0.6) is 5.75 Å². The Balaban J connectivity index is 1.82. The predicted molar refractivity (Wildman–Crippen MR) is 63.4 cm³/mol. The summed E-state index contributed by atoms with van der Waals surface area (Å²) in [5, 5.41) is 8.10. The van der Waals surface area contributed by atoms with Gasteiger partial charge in [0.2, 0.25) is 0 Å². The first-order valence-electron chi connectivity index (χ1n) is 5.30. The lowest BCUT2D eigenvalue weighted by atomic mass is 10.3. The molecule has 0 aliphatic rings. The maximum atomic E-state index is 5.60. The van der Waals surface area contributed by atoms with Crippen molar-refractivity contribution in [2.75, 3.05) is 0 Å². The molecule has 83 valence electrons. The van der Waals surface area contributed by atoms with Crippen molar-refractivity contribution < 1.29 is 4.74 Å². The summed E-state index contributed by atoms with van der Waals surface area (Å²) in [6.07, 6.45) is 0. The average Bonchev–Trinajstić information content (AvgIpc) is 2.81. The van der Waals surface area contributed by atoms with Crippen LogP contribution < -0.4 is 4.74 Å². The van der Waals surface area contributed by atoms with Crippen molar-refractivity contribution in [2.24, 2.45) is 0 Å². The highest BCUT2D eigenvalue weighted by Crippen LogP contribution is 2.12. The number of rotatable bonds is 3. The molecule has 3 rings (SSSR count). The zero-order valence-corrected chi connectivity index (χ0v) is 9.08. The van der Waals surface area contributed by atoms with Crippen molar-refractivity contribution in [3.05, 3.63) is 54.6 Å². The summed E-state index contributed by atoms with van der Waals surface area (Å²) in [5.74, 6) is 0.795. The molecule has 0 spiro atoms. The molecule has 0 aliphatic carbocycles. The molecule has 1 radical (unpaired) electrons. The molecule has 1 heterocycles. The second kappa shape index (κ2) is 4.25. The van der Waals surface area contributed by atoms with Crippen LogP contribution in [0.25, 0.3) is 11.0 Å². The van der Waals surface area contributed by atoms with Gasteiger partial charge in [0.25, 0.3) is 0 Å². The number of ether oxygens (including phenoxy) is 1. The Morgan fingerprint density at radius 2 is 1.94 bits per heavy atom. The first-order valence-corrected chi connectivity index (χ1v) is 5.30. The molecule has 0 unspecified atom stereocenters. The largest absolute Gasteiger partial charge is 0.471 e. The summed E-state index contributed by atoms with van der Waals surface area (Å²) in [6, 6.07) is 18.1. The molecule has 4 heteroatoms. The molecular weight excluding hydrogens is 214 g/mol. The highest BCUT2D eigenvalue weighted by molar-refractivity contribution is 5.73. The van der Waals surface area contributed by atoms with Crippen LogP contribution >= 0.6 is 0 Å². The number of nitrogens with zero attached hydrogens (tertiary/aromatic N) is 3. The van der Waals surface area contributed by atoms with Gasteiger partial charge in [-0.1, -0.05) is 29.5 Å². The number of aromatic nitrogens is 3. The Morgan fingerprint density at radius 3 is 2.82 bits per heavy atom. The van der Waals surface area contributed by atoms with Gasteiger partial charge in [0.1, 0.15) is 11.3 Å². The molecule has 0 saturated carbocycles. The lowest BCUT2D eigenvalue weighted by Gasteiger charge is -2.05. The van der Waals surface area contributed by atoms with Gasteiger partial charge in [0, 0.05) is 0 Å². The molecule has 2 aromatic carbocycles. The van der Waals surface area contributed by atoms with Gasteiger partial charge in [-0.15, -0.1) is 5.10 Å². The molecule has 17 heavy (non-hydrogen) atoms. The normalized spacial score (nSPS) is 10.6. The Labute approximate surface area is 98.4 Å². The Bertz CT molecular complexity index is 619. The molecule has 0 fully saturated rings. The van der Waals surface area contributed by atoms with E-state index < -0.39 is 0 Å². The van der Waals surface area contributed by atoms with Gasteiger partial charge >= 0.3 is 0 Å². The van der Waals surface area contributed by atoms with Crippen molar-refractivity contribution in [3.63, 3.8) is 0 Å². The highest BCUT2D eigenvalue weighted by Gasteiger charge is 2.02. The van der Waals surface area contributed by atoms with E-state index in [-0.39, 0.29) is 0 Å². The van der Waals surface area contributed by atoms with Gasteiger partial charge in [-0.3, -0.25) is 0 Å². The van der Waals surface area contributed by atoms with Crippen molar-refractivity contribution in [1.29, 1.82) is 0 Å². The standard InChI is InChI=1S/C13H10N3O/c1-2-6-11(7-3-1)17-10-16-13-9-5-4-8-12(13)14-15-16/h2-9H,10H2. The zero-order chi connectivity index (χ0) is 11.5. The SMILES string of the molecule is [c]1ccc(OCn2nnc3ccccc32)cc1. The molecule has 3 aromatic rings. The van der Waals surface area contributed by atoms with E-state index in [9.17, 15) is 0 Å². The third kappa shape index (κ3) is 1.97. The fourth-order valence-corrected chi connectivity index (χ4v) is 1.62. The van der Waals surface area contributed by atoms with Gasteiger partial charge in [0.05, 0.1) is 5.52 Å². The van der Waals surface area contributed by atoms with Crippen molar-refractivity contribution in [1.82, 2.24) is 15.0 Å². The smallest absolute Gasteiger partial charge is 0.183 e. The second-order valence-corrected chi connectivity index (χ2v) is 3.59. The number of para-hydroxylation sites is 1. The second-order valence-electron chi connectivity index (χ2n) is 3.59. The predicted octanol–water partition coefficient (Wildman–Crippen LogP) is 2.27. The van der Waals surface area contributed by atoms with Crippen LogP contribution in [0.4, 0.5) is 0 Å². The molecule has 0 atom stereocenters. The monoisotopic (exact) mass is 224 g/mol. The van der Waals surface area contributed by atoms with Gasteiger partial charge < -0.3 is 4.74 Å². The lowest BCUT2D eigenvalue weighted by molar-refractivity contribution is 0.223. The lowest BCUT2D eigenvalue weighted by Crippen LogP contribution is -2.06. The number of fused-ring (bicyclic) bond motifs is 1. The van der Waals surface area contributed by atoms with Gasteiger partial charge in [-0.2, -0.15) is 0 Å². The molecule has 0 amide bonds. The molecule has 0 aliphatic heterocycles. The Kier molecular flexibility index (Phi) is 2.46. The van der Waals surface area contributed by atoms with Crippen LogP contribution in [0.1, 0.15) is 0 Å². The first-order chi connectivity index (χ1) is 8.43. The Morgan fingerprint density at radius 1 is 1.12 bits per heavy atom. The van der Waals surface area contributed by atoms with Crippen molar-refractivity contribution in [2.45, 2.75) is 6.73 Å². The molecule has 0 saturated heterocycles. The van der Waals surface area contributed by atoms with Crippen LogP contribution in [0.15, 0.2) is 48.5 Å². The van der Waals surface area contributed by atoms with Crippen LogP contribution in [0, 0.1) is 6.07 Å². The molecule has 4 nitrogen and oxygen atoms in total. The van der Waals surface area contributed by atoms with E-state index >= 15 is 0 Å². The van der Waals surface area contributed by atoms with Crippen LogP contribution in [0.2, 0.25) is 0 Å². The van der Waals surface area contributed by atoms with E-state index in [1.54, 1.807) is 4.68 Å². The fourth-order valence-electron chi connectivity index (χ4n) is 1.62. The Hall–Kier alpha value is -2.36. The third-order valence-electron chi connectivity index (χ3n) is 2.46. The topological polar surface area (TPSA) is 39.9 Å². The number of hydrogen-bond acceptors (Lipinski definition) is 3. The van der Waals surface area contributed by atoms with Crippen LogP contribution in [-0.4, -0.2) is 15.0 Å². The van der Waals surface area contributed by atoms with Gasteiger partial charge in [0.15, 0.2) is 6.73 Å². The number of benzene rings is 2. The summed E-state index contributed by atoms with van der Waals surface area (Å²) < 4.78 is 7.33. The minimum absolute atomic E-state index is 0.352. The maximum Gasteiger partial charge on any atom is 0.183 e. The zero-order valence-electron chi connectivity index (χ0n) is 9.08. The van der Waals surface area contributed by atoms with Crippen LogP contribution in [0.3, 0.4) is 0 Å². The van der Waals surface area contributed by atoms with E-state index in [1.165, 1.54) is 0 Å². The summed E-state index contributed by atoms with van der Waals surface area (Å²) >= 11 is 0. The molecule has 0 bridgehead atoms. The third-order valence-corrected chi connectivity index (χ3v) is 2.46. The van der Waals surface area contributed by atoms with E-state index in [1.807, 2.05) is 48.5 Å². The first kappa shape index (κ1) is 9.84. The molecule has 1 aromatic heterocycles. The van der Waals surface area contributed by atoms with Crippen molar-refractivity contribution in [3.8, 4) is 5.75 Å². The summed E-state index contributed by atoms with van der Waals surface area (Å²) in [5.41, 5.74) is 1.84. The maximum absolute atomic E-state index is 5.60.